The van der Waals surface area contributed by atoms with Crippen molar-refractivity contribution in [3.8, 4) is 0 Å². The maximum Gasteiger partial charge on any atom is 0.240 e. The molecule has 0 radical (unpaired) electrons. The molecule has 1 saturated heterocycles. The zero-order valence-electron chi connectivity index (χ0n) is 10.2. The van der Waals surface area contributed by atoms with Crippen LogP contribution >= 0.6 is 11.8 Å². The Morgan fingerprint density at radius 1 is 1.44 bits per heavy atom. The maximum atomic E-state index is 11.3. The van der Waals surface area contributed by atoms with E-state index in [-0.39, 0.29) is 10.6 Å². The van der Waals surface area contributed by atoms with Crippen molar-refractivity contribution in [2.45, 2.75) is 17.4 Å². The molecule has 0 spiro atoms. The molecule has 0 aliphatic carbocycles. The van der Waals surface area contributed by atoms with Crippen molar-refractivity contribution in [1.82, 2.24) is 0 Å². The summed E-state index contributed by atoms with van der Waals surface area (Å²) in [6, 6.07) is 5.37. The molecule has 0 amide bonds. The highest BCUT2D eigenvalue weighted by Gasteiger charge is 2.21. The summed E-state index contributed by atoms with van der Waals surface area (Å²) >= 11 is 1.93. The molecule has 0 aromatic heterocycles. The molecule has 100 valence electrons. The van der Waals surface area contributed by atoms with Gasteiger partial charge >= 0.3 is 0 Å². The van der Waals surface area contributed by atoms with E-state index in [2.05, 4.69) is 4.90 Å². The first-order valence-corrected chi connectivity index (χ1v) is 8.32. The van der Waals surface area contributed by atoms with Gasteiger partial charge in [-0.3, -0.25) is 0 Å². The van der Waals surface area contributed by atoms with Crippen LogP contribution in [0, 0.1) is 0 Å². The summed E-state index contributed by atoms with van der Waals surface area (Å²) in [4.78, 5) is 2.13. The molecule has 1 aromatic rings. The number of benzene rings is 1. The van der Waals surface area contributed by atoms with Crippen LogP contribution in [0.25, 0.3) is 0 Å². The third-order valence-electron chi connectivity index (χ3n) is 3.16. The number of nitrogens with zero attached hydrogens (tertiary/aromatic N) is 1. The van der Waals surface area contributed by atoms with Gasteiger partial charge in [0, 0.05) is 24.5 Å². The standard InChI is InChI=1S/C11H17N3O2S2/c1-14(9-4-5-17-7-9)8-2-3-11(10(12)6-8)18(13,15)16/h2-3,6,9H,4-5,7,12H2,1H3,(H2,13,15,16). The van der Waals surface area contributed by atoms with Crippen LogP contribution in [0.5, 0.6) is 0 Å². The SMILES string of the molecule is CN(c1ccc(S(N)(=O)=O)c(N)c1)C1CCSC1. The summed E-state index contributed by atoms with van der Waals surface area (Å²) in [6.45, 7) is 0. The number of primary sulfonamides is 1. The number of sulfonamides is 1. The zero-order valence-corrected chi connectivity index (χ0v) is 11.8. The predicted molar refractivity (Wildman–Crippen MR) is 76.4 cm³/mol. The highest BCUT2D eigenvalue weighted by molar-refractivity contribution is 7.99. The summed E-state index contributed by atoms with van der Waals surface area (Å²) < 4.78 is 22.5. The largest absolute Gasteiger partial charge is 0.398 e. The van der Waals surface area contributed by atoms with E-state index >= 15 is 0 Å². The van der Waals surface area contributed by atoms with Crippen LogP contribution in [0.2, 0.25) is 0 Å². The second-order valence-electron chi connectivity index (χ2n) is 4.40. The molecule has 0 saturated carbocycles. The highest BCUT2D eigenvalue weighted by atomic mass is 32.2. The maximum absolute atomic E-state index is 11.3. The van der Waals surface area contributed by atoms with Crippen LogP contribution in [0.3, 0.4) is 0 Å². The normalized spacial score (nSPS) is 20.0. The number of thioether (sulfide) groups is 1. The van der Waals surface area contributed by atoms with Gasteiger partial charge < -0.3 is 10.6 Å². The third kappa shape index (κ3) is 2.73. The number of hydrogen-bond donors (Lipinski definition) is 2. The molecule has 1 aliphatic heterocycles. The lowest BCUT2D eigenvalue weighted by Crippen LogP contribution is -2.31. The predicted octanol–water partition coefficient (Wildman–Crippen LogP) is 0.858. The molecule has 5 nitrogen and oxygen atoms in total. The van der Waals surface area contributed by atoms with Gasteiger partial charge in [0.05, 0.1) is 5.69 Å². The van der Waals surface area contributed by atoms with E-state index in [1.165, 1.54) is 11.8 Å². The van der Waals surface area contributed by atoms with E-state index in [4.69, 9.17) is 10.9 Å². The Hall–Kier alpha value is -0.920. The first-order chi connectivity index (χ1) is 8.39. The first-order valence-electron chi connectivity index (χ1n) is 5.62. The van der Waals surface area contributed by atoms with Crippen LogP contribution in [0.1, 0.15) is 6.42 Å². The van der Waals surface area contributed by atoms with Gasteiger partial charge in [0.2, 0.25) is 10.0 Å². The van der Waals surface area contributed by atoms with Crippen molar-refractivity contribution in [2.24, 2.45) is 5.14 Å². The molecule has 1 fully saturated rings. The second-order valence-corrected chi connectivity index (χ2v) is 7.08. The molecule has 1 atom stereocenters. The summed E-state index contributed by atoms with van der Waals surface area (Å²) in [5.41, 5.74) is 6.88. The Morgan fingerprint density at radius 3 is 2.67 bits per heavy atom. The zero-order chi connectivity index (χ0) is 13.3. The lowest BCUT2D eigenvalue weighted by molar-refractivity contribution is 0.598. The fraction of sp³-hybridized carbons (Fsp3) is 0.455. The summed E-state index contributed by atoms with van der Waals surface area (Å²) in [5, 5.41) is 5.08. The average Bonchev–Trinajstić information content (AvgIpc) is 2.79. The molecule has 1 aromatic carbocycles. The monoisotopic (exact) mass is 287 g/mol. The number of anilines is 2. The molecule has 0 bridgehead atoms. The van der Waals surface area contributed by atoms with Gasteiger partial charge in [-0.15, -0.1) is 0 Å². The molecular weight excluding hydrogens is 270 g/mol. The Balaban J connectivity index is 2.28. The number of nitrogen functional groups attached to an aromatic ring is 1. The van der Waals surface area contributed by atoms with Gasteiger partial charge in [-0.05, 0) is 30.4 Å². The van der Waals surface area contributed by atoms with E-state index in [0.29, 0.717) is 6.04 Å². The second kappa shape index (κ2) is 4.99. The Bertz CT molecular complexity index is 539. The quantitative estimate of drug-likeness (QED) is 0.805. The van der Waals surface area contributed by atoms with E-state index in [1.807, 2.05) is 18.8 Å². The van der Waals surface area contributed by atoms with Gasteiger partial charge in [-0.1, -0.05) is 0 Å². The van der Waals surface area contributed by atoms with Crippen molar-refractivity contribution >= 4 is 33.2 Å². The fourth-order valence-corrected chi connectivity index (χ4v) is 3.97. The fourth-order valence-electron chi connectivity index (χ4n) is 2.05. The van der Waals surface area contributed by atoms with Crippen LogP contribution in [-0.2, 0) is 10.0 Å². The van der Waals surface area contributed by atoms with E-state index in [9.17, 15) is 8.42 Å². The molecule has 1 aliphatic rings. The van der Waals surface area contributed by atoms with E-state index < -0.39 is 10.0 Å². The molecule has 18 heavy (non-hydrogen) atoms. The minimum Gasteiger partial charge on any atom is -0.398 e. The van der Waals surface area contributed by atoms with Gasteiger partial charge in [0.15, 0.2) is 0 Å². The molecule has 2 rings (SSSR count). The number of rotatable bonds is 3. The van der Waals surface area contributed by atoms with Gasteiger partial charge in [0.25, 0.3) is 0 Å². The Morgan fingerprint density at radius 2 is 2.17 bits per heavy atom. The topological polar surface area (TPSA) is 89.4 Å². The van der Waals surface area contributed by atoms with Crippen LogP contribution < -0.4 is 15.8 Å². The van der Waals surface area contributed by atoms with Crippen molar-refractivity contribution < 1.29 is 8.42 Å². The van der Waals surface area contributed by atoms with Gasteiger partial charge in [0.1, 0.15) is 4.90 Å². The average molecular weight is 287 g/mol. The summed E-state index contributed by atoms with van der Waals surface area (Å²) in [6.07, 6.45) is 1.14. The number of nitrogens with two attached hydrogens (primary N) is 2. The lowest BCUT2D eigenvalue weighted by Gasteiger charge is -2.26. The van der Waals surface area contributed by atoms with Gasteiger partial charge in [-0.25, -0.2) is 13.6 Å². The minimum absolute atomic E-state index is 0.0135. The molecule has 7 heteroatoms. The molecular formula is C11H17N3O2S2. The van der Waals surface area contributed by atoms with Gasteiger partial charge in [-0.2, -0.15) is 11.8 Å². The molecule has 4 N–H and O–H groups in total. The van der Waals surface area contributed by atoms with Crippen molar-refractivity contribution in [3.63, 3.8) is 0 Å². The Labute approximate surface area is 112 Å². The van der Waals surface area contributed by atoms with Crippen LogP contribution in [0.4, 0.5) is 11.4 Å². The summed E-state index contributed by atoms with van der Waals surface area (Å²) in [7, 11) is -1.74. The summed E-state index contributed by atoms with van der Waals surface area (Å²) in [5.74, 6) is 2.26. The van der Waals surface area contributed by atoms with Crippen molar-refractivity contribution in [2.75, 3.05) is 29.2 Å². The van der Waals surface area contributed by atoms with E-state index in [0.717, 1.165) is 17.9 Å². The minimum atomic E-state index is -3.74. The Kier molecular flexibility index (Phi) is 3.74. The smallest absolute Gasteiger partial charge is 0.240 e. The van der Waals surface area contributed by atoms with Crippen molar-refractivity contribution in [3.05, 3.63) is 18.2 Å². The van der Waals surface area contributed by atoms with Crippen LogP contribution in [0.15, 0.2) is 23.1 Å². The lowest BCUT2D eigenvalue weighted by atomic mass is 10.2. The molecule has 1 unspecified atom stereocenters. The number of hydrogen-bond acceptors (Lipinski definition) is 5. The first kappa shape index (κ1) is 13.5. The molecule has 1 heterocycles. The van der Waals surface area contributed by atoms with Crippen molar-refractivity contribution in [1.29, 1.82) is 0 Å². The van der Waals surface area contributed by atoms with Crippen LogP contribution in [-0.4, -0.2) is 33.0 Å². The van der Waals surface area contributed by atoms with E-state index in [1.54, 1.807) is 12.1 Å². The highest BCUT2D eigenvalue weighted by Crippen LogP contribution is 2.29. The third-order valence-corrected chi connectivity index (χ3v) is 5.29.